The first-order chi connectivity index (χ1) is 15.5. The average molecular weight is 481 g/mol. The summed E-state index contributed by atoms with van der Waals surface area (Å²) in [6, 6.07) is 6.25. The van der Waals surface area contributed by atoms with E-state index in [4.69, 9.17) is 9.47 Å². The smallest absolute Gasteiger partial charge is 0.387 e. The lowest BCUT2D eigenvalue weighted by Gasteiger charge is -2.15. The number of rotatable bonds is 9. The minimum absolute atomic E-state index is 0.0773. The molecular weight excluding hydrogens is 454 g/mol. The number of ketones is 1. The molecule has 0 atom stereocenters. The largest absolute Gasteiger partial charge is 0.493 e. The van der Waals surface area contributed by atoms with Gasteiger partial charge in [0.15, 0.2) is 17.3 Å². The molecule has 0 fully saturated rings. The lowest BCUT2D eigenvalue weighted by atomic mass is 9.87. The predicted molar refractivity (Wildman–Crippen MR) is 121 cm³/mol. The molecule has 0 unspecified atom stereocenters. The zero-order chi connectivity index (χ0) is 24.8. The van der Waals surface area contributed by atoms with Crippen LogP contribution < -0.4 is 24.2 Å². The third-order valence-electron chi connectivity index (χ3n) is 4.57. The molecule has 0 aliphatic heterocycles. The van der Waals surface area contributed by atoms with E-state index in [1.807, 2.05) is 6.07 Å². The number of benzene rings is 1. The van der Waals surface area contributed by atoms with Gasteiger partial charge < -0.3 is 14.2 Å². The average Bonchev–Trinajstić information content (AvgIpc) is 3.04. The fourth-order valence-electron chi connectivity index (χ4n) is 2.96. The molecule has 0 saturated carbocycles. The summed E-state index contributed by atoms with van der Waals surface area (Å²) in [6.07, 6.45) is 2.06. The monoisotopic (exact) mass is 480 g/mol. The van der Waals surface area contributed by atoms with Crippen molar-refractivity contribution in [1.29, 1.82) is 5.26 Å². The van der Waals surface area contributed by atoms with E-state index in [0.29, 0.717) is 18.6 Å². The summed E-state index contributed by atoms with van der Waals surface area (Å²) in [6.45, 7) is 2.77. The van der Waals surface area contributed by atoms with Crippen molar-refractivity contribution in [2.45, 2.75) is 40.3 Å². The van der Waals surface area contributed by atoms with Crippen molar-refractivity contribution < 1.29 is 27.8 Å². The zero-order valence-corrected chi connectivity index (χ0v) is 19.9. The molecule has 1 heterocycles. The molecule has 0 aliphatic rings. The number of hydrogen-bond acceptors (Lipinski definition) is 7. The molecule has 0 bridgehead atoms. The van der Waals surface area contributed by atoms with E-state index in [1.165, 1.54) is 29.9 Å². The number of Topliss-reactive ketones (excluding diaryl/α,β-unsaturated/α-hetero) is 1. The first-order valence-corrected chi connectivity index (χ1v) is 10.9. The molecule has 33 heavy (non-hydrogen) atoms. The number of carbonyl (C=O) groups excluding carboxylic acids is 1. The number of halogens is 2. The third-order valence-corrected chi connectivity index (χ3v) is 5.70. The number of aromatic nitrogens is 1. The third kappa shape index (κ3) is 6.49. The summed E-state index contributed by atoms with van der Waals surface area (Å²) in [5.74, 6) is -0.425. The number of thiazole rings is 1. The van der Waals surface area contributed by atoms with Crippen LogP contribution in [0.5, 0.6) is 11.5 Å². The normalized spacial score (nSPS) is 13.1. The fraction of sp³-hybridized carbons (Fsp3) is 0.435. The lowest BCUT2D eigenvalue weighted by Crippen LogP contribution is -2.34. The fourth-order valence-corrected chi connectivity index (χ4v) is 4.09. The molecule has 2 rings (SSSR count). The Morgan fingerprint density at radius 1 is 1.27 bits per heavy atom. The maximum absolute atomic E-state index is 13.2. The van der Waals surface area contributed by atoms with Crippen LogP contribution in [0.3, 0.4) is 0 Å². The molecular formula is C23H26F2N2O5S. The molecule has 7 nitrogen and oxygen atoms in total. The van der Waals surface area contributed by atoms with Crippen LogP contribution in [0.4, 0.5) is 8.78 Å². The van der Waals surface area contributed by atoms with E-state index in [1.54, 1.807) is 34.0 Å². The van der Waals surface area contributed by atoms with E-state index >= 15 is 0 Å². The van der Waals surface area contributed by atoms with Gasteiger partial charge in [0.25, 0.3) is 5.56 Å². The van der Waals surface area contributed by atoms with Crippen molar-refractivity contribution in [2.75, 3.05) is 20.8 Å². The molecule has 2 aromatic rings. The van der Waals surface area contributed by atoms with Gasteiger partial charge >= 0.3 is 6.61 Å². The van der Waals surface area contributed by atoms with Crippen LogP contribution >= 0.6 is 11.3 Å². The van der Waals surface area contributed by atoms with Gasteiger partial charge in [-0.25, -0.2) is 0 Å². The zero-order valence-electron chi connectivity index (χ0n) is 19.1. The standard InChI is InChI=1S/C23H26F2N2O5S/c1-23(2,3)19(28)15(13-26)21-27(9-6-10-30-4)20(29)18(33-21)12-14-7-8-16(32-22(24)25)17(11-14)31-5/h7-8,11-12,22H,6,9-10H2,1-5H3/b18-12+,21-15-. The maximum atomic E-state index is 13.2. The van der Waals surface area contributed by atoms with Crippen LogP contribution in [0.15, 0.2) is 23.0 Å². The highest BCUT2D eigenvalue weighted by Gasteiger charge is 2.27. The summed E-state index contributed by atoms with van der Waals surface area (Å²) in [7, 11) is 2.86. The molecule has 0 amide bonds. The van der Waals surface area contributed by atoms with Gasteiger partial charge in [-0.15, -0.1) is 11.3 Å². The lowest BCUT2D eigenvalue weighted by molar-refractivity contribution is -0.120. The molecule has 0 saturated heterocycles. The second-order valence-corrected chi connectivity index (χ2v) is 9.10. The van der Waals surface area contributed by atoms with Gasteiger partial charge in [0.05, 0.1) is 11.6 Å². The van der Waals surface area contributed by atoms with E-state index in [-0.39, 0.29) is 44.2 Å². The Morgan fingerprint density at radius 3 is 2.52 bits per heavy atom. The Labute approximate surface area is 194 Å². The Morgan fingerprint density at radius 2 is 1.97 bits per heavy atom. The molecule has 0 N–H and O–H groups in total. The molecule has 178 valence electrons. The van der Waals surface area contributed by atoms with Crippen molar-refractivity contribution in [3.63, 3.8) is 0 Å². The second-order valence-electron chi connectivity index (χ2n) is 8.07. The van der Waals surface area contributed by atoms with Gasteiger partial charge in [-0.3, -0.25) is 14.2 Å². The minimum atomic E-state index is -3.01. The Kier molecular flexibility index (Phi) is 8.91. The molecule has 0 radical (unpaired) electrons. The second kappa shape index (κ2) is 11.2. The van der Waals surface area contributed by atoms with E-state index in [9.17, 15) is 23.6 Å². The Balaban J connectivity index is 2.73. The first-order valence-electron chi connectivity index (χ1n) is 10.1. The highest BCUT2D eigenvalue weighted by molar-refractivity contribution is 7.07. The van der Waals surface area contributed by atoms with Crippen LogP contribution in [0, 0.1) is 16.7 Å². The van der Waals surface area contributed by atoms with Crippen molar-refractivity contribution in [3.05, 3.63) is 43.3 Å². The number of carbonyl (C=O) groups is 1. The summed E-state index contributed by atoms with van der Waals surface area (Å²) in [4.78, 5) is 26.0. The van der Waals surface area contributed by atoms with Gasteiger partial charge in [0, 0.05) is 25.7 Å². The SMILES string of the molecule is COCCCn1c(=O)/c(=C\c2ccc(OC(F)F)c(OC)c2)s/c1=C(/C#N)C(=O)C(C)(C)C. The number of nitriles is 1. The van der Waals surface area contributed by atoms with Crippen molar-refractivity contribution in [3.8, 4) is 17.6 Å². The summed E-state index contributed by atoms with van der Waals surface area (Å²) in [5.41, 5.74) is -0.754. The maximum Gasteiger partial charge on any atom is 0.387 e. The predicted octanol–water partition coefficient (Wildman–Crippen LogP) is 2.67. The molecule has 10 heteroatoms. The summed E-state index contributed by atoms with van der Waals surface area (Å²) in [5, 5.41) is 9.73. The van der Waals surface area contributed by atoms with Crippen LogP contribution in [0.2, 0.25) is 0 Å². The number of methoxy groups -OCH3 is 2. The van der Waals surface area contributed by atoms with Crippen molar-refractivity contribution in [2.24, 2.45) is 5.41 Å². The highest BCUT2D eigenvalue weighted by atomic mass is 32.1. The highest BCUT2D eigenvalue weighted by Crippen LogP contribution is 2.29. The van der Waals surface area contributed by atoms with Gasteiger partial charge in [-0.05, 0) is 30.2 Å². The quantitative estimate of drug-likeness (QED) is 0.513. The summed E-state index contributed by atoms with van der Waals surface area (Å²) < 4.78 is 41.7. The van der Waals surface area contributed by atoms with Crippen LogP contribution in [-0.4, -0.2) is 37.8 Å². The van der Waals surface area contributed by atoms with Crippen LogP contribution in [0.25, 0.3) is 11.6 Å². The first kappa shape index (κ1) is 26.2. The number of alkyl halides is 2. The molecule has 0 spiro atoms. The number of ether oxygens (including phenoxy) is 3. The van der Waals surface area contributed by atoms with Gasteiger partial charge in [0.2, 0.25) is 0 Å². The number of nitrogens with zero attached hydrogens (tertiary/aromatic N) is 2. The van der Waals surface area contributed by atoms with Crippen molar-refractivity contribution in [1.82, 2.24) is 4.57 Å². The van der Waals surface area contributed by atoms with Gasteiger partial charge in [-0.1, -0.05) is 26.8 Å². The molecule has 1 aromatic carbocycles. The van der Waals surface area contributed by atoms with E-state index in [0.717, 1.165) is 11.3 Å². The molecule has 1 aromatic heterocycles. The Hall–Kier alpha value is -3.03. The van der Waals surface area contributed by atoms with E-state index in [2.05, 4.69) is 4.74 Å². The van der Waals surface area contributed by atoms with Crippen LogP contribution in [0.1, 0.15) is 32.8 Å². The minimum Gasteiger partial charge on any atom is -0.493 e. The van der Waals surface area contributed by atoms with Gasteiger partial charge in [-0.2, -0.15) is 14.0 Å². The van der Waals surface area contributed by atoms with Crippen molar-refractivity contribution >= 4 is 28.8 Å². The van der Waals surface area contributed by atoms with E-state index < -0.39 is 12.0 Å². The van der Waals surface area contributed by atoms with Gasteiger partial charge in [0.1, 0.15) is 16.3 Å². The number of hydrogen-bond donors (Lipinski definition) is 0. The Bertz CT molecular complexity index is 1220. The van der Waals surface area contributed by atoms with Crippen LogP contribution in [-0.2, 0) is 16.1 Å². The summed E-state index contributed by atoms with van der Waals surface area (Å²) >= 11 is 1.03. The topological polar surface area (TPSA) is 90.5 Å². The molecule has 0 aliphatic carbocycles.